The maximum atomic E-state index is 6.04. The predicted molar refractivity (Wildman–Crippen MR) is 113 cm³/mol. The summed E-state index contributed by atoms with van der Waals surface area (Å²) in [6.07, 6.45) is 2.30. The molecule has 0 aliphatic carbocycles. The molecule has 1 unspecified atom stereocenters. The first-order valence-corrected chi connectivity index (χ1v) is 10.0. The van der Waals surface area contributed by atoms with E-state index in [1.165, 1.54) is 16.7 Å². The Morgan fingerprint density at radius 1 is 1.11 bits per heavy atom. The van der Waals surface area contributed by atoms with Gasteiger partial charge in [0.1, 0.15) is 0 Å². The maximum Gasteiger partial charge on any atom is 0.191 e. The monoisotopic (exact) mass is 381 g/mol. The number of nitrogens with one attached hydrogen (secondary N) is 2. The highest BCUT2D eigenvalue weighted by molar-refractivity contribution is 5.80. The number of rotatable bonds is 7. The molecule has 2 N–H and O–H groups in total. The highest BCUT2D eigenvalue weighted by Crippen LogP contribution is 2.14. The second-order valence-corrected chi connectivity index (χ2v) is 7.15. The Kier molecular flexibility index (Phi) is 7.88. The highest BCUT2D eigenvalue weighted by Gasteiger charge is 2.14. The van der Waals surface area contributed by atoms with E-state index in [9.17, 15) is 0 Å². The van der Waals surface area contributed by atoms with Crippen molar-refractivity contribution in [2.45, 2.75) is 45.1 Å². The zero-order valence-corrected chi connectivity index (χ0v) is 16.9. The Morgan fingerprint density at radius 3 is 2.61 bits per heavy atom. The van der Waals surface area contributed by atoms with Crippen LogP contribution >= 0.6 is 0 Å². The number of hydrogen-bond donors (Lipinski definition) is 2. The molecule has 0 bridgehead atoms. The van der Waals surface area contributed by atoms with Crippen LogP contribution in [0.5, 0.6) is 0 Å². The molecular formula is C23H31N3O2. The summed E-state index contributed by atoms with van der Waals surface area (Å²) >= 11 is 0. The van der Waals surface area contributed by atoms with Gasteiger partial charge in [-0.05, 0) is 36.5 Å². The predicted octanol–water partition coefficient (Wildman–Crippen LogP) is 3.81. The molecule has 0 spiro atoms. The molecule has 5 nitrogen and oxygen atoms in total. The molecule has 1 atom stereocenters. The fourth-order valence-electron chi connectivity index (χ4n) is 3.30. The third kappa shape index (κ3) is 6.36. The molecule has 1 heterocycles. The summed E-state index contributed by atoms with van der Waals surface area (Å²) in [7, 11) is 1.80. The summed E-state index contributed by atoms with van der Waals surface area (Å²) in [5.41, 5.74) is 3.65. The van der Waals surface area contributed by atoms with E-state index in [-0.39, 0.29) is 6.04 Å². The van der Waals surface area contributed by atoms with E-state index >= 15 is 0 Å². The molecule has 1 aliphatic heterocycles. The third-order valence-electron chi connectivity index (χ3n) is 4.98. The van der Waals surface area contributed by atoms with E-state index in [0.717, 1.165) is 32.0 Å². The van der Waals surface area contributed by atoms with Gasteiger partial charge in [-0.15, -0.1) is 0 Å². The summed E-state index contributed by atoms with van der Waals surface area (Å²) in [5, 5.41) is 6.84. The summed E-state index contributed by atoms with van der Waals surface area (Å²) in [4.78, 5) is 4.35. The van der Waals surface area contributed by atoms with Crippen molar-refractivity contribution < 1.29 is 9.47 Å². The van der Waals surface area contributed by atoms with Gasteiger partial charge in [-0.3, -0.25) is 4.99 Å². The molecule has 28 heavy (non-hydrogen) atoms. The average Bonchev–Trinajstić information content (AvgIpc) is 2.76. The van der Waals surface area contributed by atoms with Gasteiger partial charge in [0.05, 0.1) is 18.8 Å². The molecule has 150 valence electrons. The summed E-state index contributed by atoms with van der Waals surface area (Å²) < 4.78 is 11.4. The Labute approximate surface area is 168 Å². The molecule has 2 aromatic carbocycles. The number of nitrogens with zero attached hydrogens (tertiary/aromatic N) is 1. The topological polar surface area (TPSA) is 54.9 Å². The van der Waals surface area contributed by atoms with Crippen LogP contribution in [0.2, 0.25) is 0 Å². The molecule has 0 aromatic heterocycles. The normalized spacial score (nSPS) is 16.6. The van der Waals surface area contributed by atoms with Gasteiger partial charge >= 0.3 is 0 Å². The standard InChI is InChI=1S/C23H31N3O2/c1-18(21-9-4-3-5-10-21)26-23(24-2)25-16-19-7-6-8-20(15-19)17-28-22-11-13-27-14-12-22/h3-10,15,18,22H,11-14,16-17H2,1-2H3,(H2,24,25,26). The first-order valence-electron chi connectivity index (χ1n) is 10.0. The molecule has 0 amide bonds. The Morgan fingerprint density at radius 2 is 1.86 bits per heavy atom. The van der Waals surface area contributed by atoms with Gasteiger partial charge in [-0.1, -0.05) is 54.6 Å². The number of hydrogen-bond acceptors (Lipinski definition) is 3. The van der Waals surface area contributed by atoms with Crippen LogP contribution in [-0.4, -0.2) is 32.3 Å². The highest BCUT2D eigenvalue weighted by atomic mass is 16.5. The van der Waals surface area contributed by atoms with E-state index in [0.29, 0.717) is 19.3 Å². The van der Waals surface area contributed by atoms with Crippen molar-refractivity contribution in [2.24, 2.45) is 4.99 Å². The summed E-state index contributed by atoms with van der Waals surface area (Å²) in [6.45, 7) is 5.11. The summed E-state index contributed by atoms with van der Waals surface area (Å²) in [5.74, 6) is 0.792. The van der Waals surface area contributed by atoms with Crippen molar-refractivity contribution >= 4 is 5.96 Å². The van der Waals surface area contributed by atoms with Crippen molar-refractivity contribution in [1.29, 1.82) is 0 Å². The second kappa shape index (κ2) is 10.8. The van der Waals surface area contributed by atoms with Gasteiger partial charge < -0.3 is 20.1 Å². The summed E-state index contributed by atoms with van der Waals surface area (Å²) in [6, 6.07) is 19.1. The molecule has 1 fully saturated rings. The van der Waals surface area contributed by atoms with Crippen molar-refractivity contribution in [3.8, 4) is 0 Å². The van der Waals surface area contributed by atoms with Gasteiger partial charge in [-0.25, -0.2) is 0 Å². The van der Waals surface area contributed by atoms with Crippen LogP contribution in [0.25, 0.3) is 0 Å². The molecule has 5 heteroatoms. The van der Waals surface area contributed by atoms with Gasteiger partial charge in [0, 0.05) is 26.8 Å². The van der Waals surface area contributed by atoms with Gasteiger partial charge in [0.15, 0.2) is 5.96 Å². The minimum atomic E-state index is 0.187. The van der Waals surface area contributed by atoms with Crippen LogP contribution in [0.4, 0.5) is 0 Å². The largest absolute Gasteiger partial charge is 0.381 e. The third-order valence-corrected chi connectivity index (χ3v) is 4.98. The van der Waals surface area contributed by atoms with E-state index in [1.807, 2.05) is 6.07 Å². The molecule has 3 rings (SSSR count). The van der Waals surface area contributed by atoms with E-state index in [2.05, 4.69) is 71.1 Å². The SMILES string of the molecule is CN=C(NCc1cccc(COC2CCOCC2)c1)NC(C)c1ccccc1. The second-order valence-electron chi connectivity index (χ2n) is 7.15. The first kappa shape index (κ1) is 20.4. The Hall–Kier alpha value is -2.37. The van der Waals surface area contributed by atoms with Crippen LogP contribution < -0.4 is 10.6 Å². The van der Waals surface area contributed by atoms with Crippen LogP contribution in [0, 0.1) is 0 Å². The van der Waals surface area contributed by atoms with E-state index < -0.39 is 0 Å². The lowest BCUT2D eigenvalue weighted by Gasteiger charge is -2.22. The van der Waals surface area contributed by atoms with Crippen molar-refractivity contribution in [2.75, 3.05) is 20.3 Å². The number of ether oxygens (including phenoxy) is 2. The molecule has 1 aliphatic rings. The lowest BCUT2D eigenvalue weighted by molar-refractivity contribution is -0.0390. The number of guanidine groups is 1. The quantitative estimate of drug-likeness (QED) is 0.566. The van der Waals surface area contributed by atoms with Gasteiger partial charge in [-0.2, -0.15) is 0 Å². The Bertz CT molecular complexity index is 743. The van der Waals surface area contributed by atoms with Crippen LogP contribution in [0.3, 0.4) is 0 Å². The van der Waals surface area contributed by atoms with Crippen LogP contribution in [0.15, 0.2) is 59.6 Å². The van der Waals surface area contributed by atoms with E-state index in [1.54, 1.807) is 7.05 Å². The first-order chi connectivity index (χ1) is 13.7. The minimum absolute atomic E-state index is 0.187. The minimum Gasteiger partial charge on any atom is -0.381 e. The lowest BCUT2D eigenvalue weighted by Crippen LogP contribution is -2.38. The fourth-order valence-corrected chi connectivity index (χ4v) is 3.30. The van der Waals surface area contributed by atoms with Gasteiger partial charge in [0.2, 0.25) is 0 Å². The number of benzene rings is 2. The zero-order chi connectivity index (χ0) is 19.6. The average molecular weight is 382 g/mol. The van der Waals surface area contributed by atoms with Gasteiger partial charge in [0.25, 0.3) is 0 Å². The molecular weight excluding hydrogens is 350 g/mol. The van der Waals surface area contributed by atoms with E-state index in [4.69, 9.17) is 9.47 Å². The number of aliphatic imine (C=N–C) groups is 1. The Balaban J connectivity index is 1.48. The van der Waals surface area contributed by atoms with Crippen molar-refractivity contribution in [3.63, 3.8) is 0 Å². The lowest BCUT2D eigenvalue weighted by atomic mass is 10.1. The molecule has 2 aromatic rings. The fraction of sp³-hybridized carbons (Fsp3) is 0.435. The zero-order valence-electron chi connectivity index (χ0n) is 16.9. The van der Waals surface area contributed by atoms with Crippen molar-refractivity contribution in [1.82, 2.24) is 10.6 Å². The van der Waals surface area contributed by atoms with Crippen molar-refractivity contribution in [3.05, 3.63) is 71.3 Å². The smallest absolute Gasteiger partial charge is 0.191 e. The van der Waals surface area contributed by atoms with Crippen LogP contribution in [0.1, 0.15) is 42.5 Å². The molecule has 0 saturated carbocycles. The van der Waals surface area contributed by atoms with Crippen LogP contribution in [-0.2, 0) is 22.6 Å². The molecule has 0 radical (unpaired) electrons. The maximum absolute atomic E-state index is 6.04. The molecule has 1 saturated heterocycles.